The van der Waals surface area contributed by atoms with Crippen molar-refractivity contribution in [1.82, 2.24) is 14.9 Å². The van der Waals surface area contributed by atoms with Crippen LogP contribution in [0.3, 0.4) is 0 Å². The molecule has 1 aliphatic carbocycles. The molecule has 2 rings (SSSR count). The van der Waals surface area contributed by atoms with Crippen LogP contribution in [-0.4, -0.2) is 22.1 Å². The zero-order valence-electron chi connectivity index (χ0n) is 9.36. The van der Waals surface area contributed by atoms with Crippen molar-refractivity contribution in [1.29, 1.82) is 0 Å². The molecule has 1 aromatic rings. The van der Waals surface area contributed by atoms with Crippen molar-refractivity contribution in [3.05, 3.63) is 18.7 Å². The molecule has 3 heteroatoms. The molecule has 15 heavy (non-hydrogen) atoms. The number of aromatic nitrogens is 2. The maximum absolute atomic E-state index is 4.03. The zero-order chi connectivity index (χ0) is 10.3. The van der Waals surface area contributed by atoms with Crippen LogP contribution in [0.15, 0.2) is 18.7 Å². The Morgan fingerprint density at radius 3 is 2.87 bits per heavy atom. The Balaban J connectivity index is 1.54. The van der Waals surface area contributed by atoms with Gasteiger partial charge in [0.2, 0.25) is 0 Å². The molecule has 0 aliphatic heterocycles. The van der Waals surface area contributed by atoms with Crippen molar-refractivity contribution in [2.45, 2.75) is 51.1 Å². The second-order valence-corrected chi connectivity index (χ2v) is 4.44. The lowest BCUT2D eigenvalue weighted by Gasteiger charge is -2.22. The second-order valence-electron chi connectivity index (χ2n) is 4.44. The van der Waals surface area contributed by atoms with E-state index in [1.54, 1.807) is 0 Å². The fraction of sp³-hybridized carbons (Fsp3) is 0.750. The Labute approximate surface area is 91.9 Å². The first-order valence-corrected chi connectivity index (χ1v) is 6.14. The monoisotopic (exact) mass is 207 g/mol. The molecule has 0 saturated heterocycles. The molecule has 1 N–H and O–H groups in total. The van der Waals surface area contributed by atoms with E-state index in [1.165, 1.54) is 38.5 Å². The number of nitrogens with one attached hydrogen (secondary N) is 1. The molecular formula is C12H21N3. The molecule has 0 radical (unpaired) electrons. The topological polar surface area (TPSA) is 29.9 Å². The molecular weight excluding hydrogens is 186 g/mol. The highest BCUT2D eigenvalue weighted by Gasteiger charge is 2.11. The molecule has 0 spiro atoms. The average Bonchev–Trinajstić information content (AvgIpc) is 2.79. The molecule has 0 atom stereocenters. The first-order chi connectivity index (χ1) is 7.45. The van der Waals surface area contributed by atoms with Crippen molar-refractivity contribution >= 4 is 0 Å². The van der Waals surface area contributed by atoms with Gasteiger partial charge in [-0.3, -0.25) is 0 Å². The van der Waals surface area contributed by atoms with Crippen LogP contribution in [-0.2, 0) is 6.54 Å². The van der Waals surface area contributed by atoms with Gasteiger partial charge >= 0.3 is 0 Å². The van der Waals surface area contributed by atoms with Gasteiger partial charge in [0.25, 0.3) is 0 Å². The number of hydrogen-bond donors (Lipinski definition) is 1. The number of rotatable bonds is 5. The quantitative estimate of drug-likeness (QED) is 0.750. The maximum Gasteiger partial charge on any atom is 0.0945 e. The van der Waals surface area contributed by atoms with E-state index in [0.717, 1.165) is 19.1 Å². The van der Waals surface area contributed by atoms with Crippen molar-refractivity contribution in [3.63, 3.8) is 0 Å². The summed E-state index contributed by atoms with van der Waals surface area (Å²) in [5, 5.41) is 3.65. The van der Waals surface area contributed by atoms with Crippen LogP contribution in [0.1, 0.15) is 38.5 Å². The van der Waals surface area contributed by atoms with Crippen LogP contribution in [0, 0.1) is 0 Å². The minimum absolute atomic E-state index is 0.793. The highest BCUT2D eigenvalue weighted by atomic mass is 15.0. The molecule has 1 heterocycles. The maximum atomic E-state index is 4.03. The van der Waals surface area contributed by atoms with Crippen LogP contribution in [0.5, 0.6) is 0 Å². The molecule has 1 aliphatic rings. The third-order valence-corrected chi connectivity index (χ3v) is 3.19. The highest BCUT2D eigenvalue weighted by molar-refractivity contribution is 4.75. The van der Waals surface area contributed by atoms with E-state index < -0.39 is 0 Å². The molecule has 1 saturated carbocycles. The average molecular weight is 207 g/mol. The lowest BCUT2D eigenvalue weighted by atomic mass is 9.95. The molecule has 3 nitrogen and oxygen atoms in total. The summed E-state index contributed by atoms with van der Waals surface area (Å²) >= 11 is 0. The third kappa shape index (κ3) is 3.67. The summed E-state index contributed by atoms with van der Waals surface area (Å²) in [6, 6.07) is 0.793. The minimum atomic E-state index is 0.793. The Morgan fingerprint density at radius 2 is 2.13 bits per heavy atom. The second kappa shape index (κ2) is 5.91. The smallest absolute Gasteiger partial charge is 0.0945 e. The summed E-state index contributed by atoms with van der Waals surface area (Å²) < 4.78 is 2.14. The van der Waals surface area contributed by atoms with E-state index in [4.69, 9.17) is 0 Å². The van der Waals surface area contributed by atoms with Crippen LogP contribution in [0.2, 0.25) is 0 Å². The predicted octanol–water partition coefficient (Wildman–Crippen LogP) is 2.20. The van der Waals surface area contributed by atoms with Gasteiger partial charge in [0.1, 0.15) is 0 Å². The van der Waals surface area contributed by atoms with Gasteiger partial charge in [-0.2, -0.15) is 0 Å². The minimum Gasteiger partial charge on any atom is -0.337 e. The van der Waals surface area contributed by atoms with Gasteiger partial charge in [-0.05, 0) is 25.8 Å². The summed E-state index contributed by atoms with van der Waals surface area (Å²) in [7, 11) is 0. The van der Waals surface area contributed by atoms with Crippen LogP contribution >= 0.6 is 0 Å². The zero-order valence-corrected chi connectivity index (χ0v) is 9.36. The number of imidazole rings is 1. The van der Waals surface area contributed by atoms with E-state index in [0.29, 0.717) is 0 Å². The van der Waals surface area contributed by atoms with Crippen molar-refractivity contribution in [2.24, 2.45) is 0 Å². The standard InChI is InChI=1S/C12H21N3/c1-2-5-12(6-3-1)14-7-4-9-15-10-8-13-11-15/h8,10-12,14H,1-7,9H2. The Morgan fingerprint density at radius 1 is 1.27 bits per heavy atom. The summed E-state index contributed by atoms with van der Waals surface area (Å²) in [6.45, 7) is 2.22. The fourth-order valence-corrected chi connectivity index (χ4v) is 2.29. The van der Waals surface area contributed by atoms with Crippen molar-refractivity contribution in [3.8, 4) is 0 Å². The van der Waals surface area contributed by atoms with Gasteiger partial charge in [-0.1, -0.05) is 19.3 Å². The largest absolute Gasteiger partial charge is 0.337 e. The third-order valence-electron chi connectivity index (χ3n) is 3.19. The normalized spacial score (nSPS) is 18.1. The Kier molecular flexibility index (Phi) is 4.21. The predicted molar refractivity (Wildman–Crippen MR) is 61.7 cm³/mol. The first kappa shape index (κ1) is 10.7. The van der Waals surface area contributed by atoms with Crippen LogP contribution in [0.25, 0.3) is 0 Å². The number of nitrogens with zero attached hydrogens (tertiary/aromatic N) is 2. The van der Waals surface area contributed by atoms with Crippen molar-refractivity contribution < 1.29 is 0 Å². The van der Waals surface area contributed by atoms with Gasteiger partial charge in [0, 0.05) is 25.0 Å². The number of aryl methyl sites for hydroxylation is 1. The van der Waals surface area contributed by atoms with Gasteiger partial charge in [-0.25, -0.2) is 4.98 Å². The van der Waals surface area contributed by atoms with Gasteiger partial charge in [0.05, 0.1) is 6.33 Å². The SMILES string of the molecule is c1cn(CCCNC2CCCCC2)cn1. The summed E-state index contributed by atoms with van der Waals surface area (Å²) in [6.07, 6.45) is 14.0. The lowest BCUT2D eigenvalue weighted by molar-refractivity contribution is 0.369. The molecule has 0 bridgehead atoms. The van der Waals surface area contributed by atoms with Gasteiger partial charge < -0.3 is 9.88 Å². The molecule has 0 aromatic carbocycles. The molecule has 0 amide bonds. The van der Waals surface area contributed by atoms with E-state index in [2.05, 4.69) is 14.9 Å². The Bertz CT molecular complexity index is 250. The first-order valence-electron chi connectivity index (χ1n) is 6.14. The van der Waals surface area contributed by atoms with Gasteiger partial charge in [0.15, 0.2) is 0 Å². The van der Waals surface area contributed by atoms with Crippen LogP contribution in [0.4, 0.5) is 0 Å². The molecule has 0 unspecified atom stereocenters. The molecule has 1 fully saturated rings. The highest BCUT2D eigenvalue weighted by Crippen LogP contribution is 2.17. The van der Waals surface area contributed by atoms with E-state index in [-0.39, 0.29) is 0 Å². The summed E-state index contributed by atoms with van der Waals surface area (Å²) in [5.41, 5.74) is 0. The molecule has 84 valence electrons. The lowest BCUT2D eigenvalue weighted by Crippen LogP contribution is -2.32. The summed E-state index contributed by atoms with van der Waals surface area (Å²) in [4.78, 5) is 4.03. The van der Waals surface area contributed by atoms with Crippen molar-refractivity contribution in [2.75, 3.05) is 6.54 Å². The van der Waals surface area contributed by atoms with E-state index >= 15 is 0 Å². The van der Waals surface area contributed by atoms with E-state index in [1.807, 2.05) is 18.7 Å². The molecule has 1 aromatic heterocycles. The number of hydrogen-bond acceptors (Lipinski definition) is 2. The fourth-order valence-electron chi connectivity index (χ4n) is 2.29. The van der Waals surface area contributed by atoms with Crippen LogP contribution < -0.4 is 5.32 Å². The van der Waals surface area contributed by atoms with E-state index in [9.17, 15) is 0 Å². The van der Waals surface area contributed by atoms with Gasteiger partial charge in [-0.15, -0.1) is 0 Å². The Hall–Kier alpha value is -0.830. The summed E-state index contributed by atoms with van der Waals surface area (Å²) in [5.74, 6) is 0.